The summed E-state index contributed by atoms with van der Waals surface area (Å²) in [5, 5.41) is 7.20. The van der Waals surface area contributed by atoms with Gasteiger partial charge in [-0.1, -0.05) is 12.1 Å². The summed E-state index contributed by atoms with van der Waals surface area (Å²) in [4.78, 5) is 26.7. The molecule has 0 saturated heterocycles. The Morgan fingerprint density at radius 1 is 1.10 bits per heavy atom. The molecule has 3 rings (SSSR count). The third kappa shape index (κ3) is 5.40. The minimum atomic E-state index is -0.321. The van der Waals surface area contributed by atoms with Crippen molar-refractivity contribution in [1.82, 2.24) is 14.7 Å². The highest BCUT2D eigenvalue weighted by Gasteiger charge is 2.13. The van der Waals surface area contributed by atoms with Crippen LogP contribution in [0.2, 0.25) is 0 Å². The number of amides is 2. The Balaban J connectivity index is 1.77. The van der Waals surface area contributed by atoms with Crippen LogP contribution in [0.25, 0.3) is 11.8 Å². The van der Waals surface area contributed by atoms with Crippen LogP contribution in [0.15, 0.2) is 59.5 Å². The summed E-state index contributed by atoms with van der Waals surface area (Å²) in [6.07, 6.45) is 3.13. The van der Waals surface area contributed by atoms with Crippen molar-refractivity contribution < 1.29 is 14.0 Å². The maximum Gasteiger partial charge on any atom is 0.286 e. The van der Waals surface area contributed by atoms with Gasteiger partial charge in [0.25, 0.3) is 5.24 Å². The number of thioether (sulfide) groups is 1. The molecular weight excluding hydrogens is 415 g/mol. The first-order valence-corrected chi connectivity index (χ1v) is 10.4. The minimum absolute atomic E-state index is 0.128. The smallest absolute Gasteiger partial charge is 0.286 e. The summed E-state index contributed by atoms with van der Waals surface area (Å²) < 4.78 is 14.9. The highest BCUT2D eigenvalue weighted by molar-refractivity contribution is 8.13. The lowest BCUT2D eigenvalue weighted by Gasteiger charge is -2.12. The van der Waals surface area contributed by atoms with Crippen LogP contribution in [0, 0.1) is 19.7 Å². The molecule has 1 N–H and O–H groups in total. The van der Waals surface area contributed by atoms with Gasteiger partial charge in [0.2, 0.25) is 5.91 Å². The quantitative estimate of drug-likeness (QED) is 0.447. The van der Waals surface area contributed by atoms with Crippen molar-refractivity contribution in [3.05, 3.63) is 77.4 Å². The zero-order valence-corrected chi connectivity index (χ0v) is 18.5. The van der Waals surface area contributed by atoms with Crippen molar-refractivity contribution in [2.24, 2.45) is 0 Å². The molecule has 0 aliphatic rings. The summed E-state index contributed by atoms with van der Waals surface area (Å²) >= 11 is 1.05. The summed E-state index contributed by atoms with van der Waals surface area (Å²) in [7, 11) is 3.35. The molecule has 8 heteroatoms. The molecule has 2 amide bonds. The molecule has 0 aliphatic heterocycles. The molecule has 0 bridgehead atoms. The fourth-order valence-corrected chi connectivity index (χ4v) is 3.65. The first-order chi connectivity index (χ1) is 14.8. The molecule has 1 heterocycles. The number of carbonyl (C=O) groups excluding carboxylic acids is 2. The van der Waals surface area contributed by atoms with E-state index in [0.29, 0.717) is 10.6 Å². The van der Waals surface area contributed by atoms with E-state index in [1.165, 1.54) is 23.1 Å². The largest absolute Gasteiger partial charge is 0.339 e. The highest BCUT2D eigenvalue weighted by atomic mass is 32.2. The standard InChI is InChI=1S/C23H23FN4O2S/c1-15-19(16(2)28(26-15)18-11-9-17(24)10-12-18)13-14-22(29)25-20-7-5-6-8-21(20)31-23(30)27(3)4/h5-14H,1-4H3,(H,25,29)/b14-13+. The van der Waals surface area contributed by atoms with Gasteiger partial charge in [-0.3, -0.25) is 9.59 Å². The summed E-state index contributed by atoms with van der Waals surface area (Å²) in [6, 6.07) is 13.2. The Labute approximate surface area is 184 Å². The molecule has 0 atom stereocenters. The number of carbonyl (C=O) groups is 2. The Kier molecular flexibility index (Phi) is 6.91. The number of aryl methyl sites for hydroxylation is 1. The molecule has 0 spiro atoms. The van der Waals surface area contributed by atoms with Gasteiger partial charge >= 0.3 is 0 Å². The Morgan fingerprint density at radius 3 is 2.45 bits per heavy atom. The fraction of sp³-hybridized carbons (Fsp3) is 0.174. The van der Waals surface area contributed by atoms with Crippen molar-refractivity contribution >= 4 is 34.7 Å². The van der Waals surface area contributed by atoms with Crippen LogP contribution in [0.4, 0.5) is 14.9 Å². The second kappa shape index (κ2) is 9.61. The maximum atomic E-state index is 13.2. The molecule has 160 valence electrons. The number of para-hydroxylation sites is 1. The van der Waals surface area contributed by atoms with E-state index < -0.39 is 0 Å². The molecule has 0 fully saturated rings. The second-order valence-electron chi connectivity index (χ2n) is 7.05. The van der Waals surface area contributed by atoms with Crippen molar-refractivity contribution in [3.63, 3.8) is 0 Å². The van der Waals surface area contributed by atoms with Crippen LogP contribution in [-0.4, -0.2) is 39.9 Å². The van der Waals surface area contributed by atoms with Gasteiger partial charge in [-0.2, -0.15) is 5.10 Å². The van der Waals surface area contributed by atoms with Gasteiger partial charge in [0.05, 0.1) is 17.1 Å². The molecule has 0 radical (unpaired) electrons. The van der Waals surface area contributed by atoms with E-state index >= 15 is 0 Å². The molecule has 1 aromatic heterocycles. The molecule has 6 nitrogen and oxygen atoms in total. The molecule has 2 aromatic carbocycles. The minimum Gasteiger partial charge on any atom is -0.339 e. The monoisotopic (exact) mass is 438 g/mol. The lowest BCUT2D eigenvalue weighted by Crippen LogP contribution is -2.16. The maximum absolute atomic E-state index is 13.2. The van der Waals surface area contributed by atoms with E-state index in [1.54, 1.807) is 55.2 Å². The van der Waals surface area contributed by atoms with Crippen LogP contribution < -0.4 is 5.32 Å². The van der Waals surface area contributed by atoms with Gasteiger partial charge < -0.3 is 10.2 Å². The van der Waals surface area contributed by atoms with E-state index in [1.807, 2.05) is 19.9 Å². The zero-order valence-electron chi connectivity index (χ0n) is 17.7. The van der Waals surface area contributed by atoms with Gasteiger partial charge in [-0.05, 0) is 68.1 Å². The average Bonchev–Trinajstić information content (AvgIpc) is 3.02. The van der Waals surface area contributed by atoms with Crippen molar-refractivity contribution in [2.45, 2.75) is 18.7 Å². The fourth-order valence-electron chi connectivity index (χ4n) is 2.91. The van der Waals surface area contributed by atoms with Crippen LogP contribution >= 0.6 is 11.8 Å². The summed E-state index contributed by atoms with van der Waals surface area (Å²) in [5.41, 5.74) is 3.69. The number of rotatable bonds is 5. The molecule has 3 aromatic rings. The Bertz CT molecular complexity index is 1140. The predicted octanol–water partition coefficient (Wildman–Crippen LogP) is 5.05. The molecule has 31 heavy (non-hydrogen) atoms. The number of benzene rings is 2. The van der Waals surface area contributed by atoms with Gasteiger partial charge in [0, 0.05) is 36.3 Å². The number of nitrogens with one attached hydrogen (secondary N) is 1. The number of aromatic nitrogens is 2. The van der Waals surface area contributed by atoms with Crippen molar-refractivity contribution in [2.75, 3.05) is 19.4 Å². The normalized spacial score (nSPS) is 11.0. The van der Waals surface area contributed by atoms with Crippen molar-refractivity contribution in [3.8, 4) is 5.69 Å². The third-order valence-corrected chi connectivity index (χ3v) is 5.64. The summed E-state index contributed by atoms with van der Waals surface area (Å²) in [6.45, 7) is 3.74. The molecular formula is C23H23FN4O2S. The average molecular weight is 439 g/mol. The Hall–Kier alpha value is -3.39. The zero-order chi connectivity index (χ0) is 22.5. The number of hydrogen-bond donors (Lipinski definition) is 1. The van der Waals surface area contributed by atoms with E-state index in [-0.39, 0.29) is 17.0 Å². The van der Waals surface area contributed by atoms with Crippen LogP contribution in [0.5, 0.6) is 0 Å². The molecule has 0 aliphatic carbocycles. The van der Waals surface area contributed by atoms with E-state index in [0.717, 1.165) is 34.4 Å². The van der Waals surface area contributed by atoms with Crippen LogP contribution in [-0.2, 0) is 4.79 Å². The predicted molar refractivity (Wildman–Crippen MR) is 122 cm³/mol. The topological polar surface area (TPSA) is 67.2 Å². The summed E-state index contributed by atoms with van der Waals surface area (Å²) in [5.74, 6) is -0.633. The van der Waals surface area contributed by atoms with Gasteiger partial charge in [0.1, 0.15) is 5.82 Å². The number of nitrogens with zero attached hydrogens (tertiary/aromatic N) is 3. The van der Waals surface area contributed by atoms with Crippen LogP contribution in [0.1, 0.15) is 17.0 Å². The lowest BCUT2D eigenvalue weighted by atomic mass is 10.2. The van der Waals surface area contributed by atoms with Gasteiger partial charge in [-0.15, -0.1) is 0 Å². The second-order valence-corrected chi connectivity index (χ2v) is 8.05. The molecule has 0 saturated carbocycles. The number of hydrogen-bond acceptors (Lipinski definition) is 4. The Morgan fingerprint density at radius 2 is 1.77 bits per heavy atom. The van der Waals surface area contributed by atoms with Crippen molar-refractivity contribution in [1.29, 1.82) is 0 Å². The SMILES string of the molecule is Cc1nn(-c2ccc(F)cc2)c(C)c1/C=C/C(=O)Nc1ccccc1SC(=O)N(C)C. The highest BCUT2D eigenvalue weighted by Crippen LogP contribution is 2.28. The molecule has 0 unspecified atom stereocenters. The van der Waals surface area contributed by atoms with Gasteiger partial charge in [0.15, 0.2) is 0 Å². The first kappa shape index (κ1) is 22.3. The first-order valence-electron chi connectivity index (χ1n) is 9.55. The van der Waals surface area contributed by atoms with E-state index in [9.17, 15) is 14.0 Å². The third-order valence-electron chi connectivity index (χ3n) is 4.53. The van der Waals surface area contributed by atoms with Gasteiger partial charge in [-0.25, -0.2) is 9.07 Å². The van der Waals surface area contributed by atoms with E-state index in [2.05, 4.69) is 10.4 Å². The number of anilines is 1. The number of halogens is 1. The lowest BCUT2D eigenvalue weighted by molar-refractivity contribution is -0.111. The van der Waals surface area contributed by atoms with Crippen LogP contribution in [0.3, 0.4) is 0 Å². The van der Waals surface area contributed by atoms with E-state index in [4.69, 9.17) is 0 Å².